The minimum absolute atomic E-state index is 0.201. The Morgan fingerprint density at radius 3 is 2.00 bits per heavy atom. The van der Waals surface area contributed by atoms with E-state index in [1.54, 1.807) is 0 Å². The fourth-order valence-electron chi connectivity index (χ4n) is 1.03. The summed E-state index contributed by atoms with van der Waals surface area (Å²) in [5, 5.41) is 9.04. The summed E-state index contributed by atoms with van der Waals surface area (Å²) in [6.45, 7) is 0.263. The molecular formula is C5H8F3NO3S. The number of rotatable bonds is 1. The van der Waals surface area contributed by atoms with Crippen LogP contribution in [0.5, 0.6) is 0 Å². The SMILES string of the molecule is CC1(O)CN(S(=O)(=O)C(F)(F)F)C1. The van der Waals surface area contributed by atoms with E-state index in [4.69, 9.17) is 5.11 Å². The van der Waals surface area contributed by atoms with Crippen molar-refractivity contribution < 1.29 is 26.7 Å². The largest absolute Gasteiger partial charge is 0.511 e. The normalized spacial score (nSPS) is 24.1. The lowest BCUT2D eigenvalue weighted by atomic mass is 10.0. The molecule has 0 atom stereocenters. The van der Waals surface area contributed by atoms with Gasteiger partial charge in [0, 0.05) is 13.1 Å². The minimum Gasteiger partial charge on any atom is -0.387 e. The van der Waals surface area contributed by atoms with E-state index in [9.17, 15) is 21.6 Å². The quantitative estimate of drug-likeness (QED) is 0.670. The number of alkyl halides is 3. The molecule has 0 radical (unpaired) electrons. The van der Waals surface area contributed by atoms with Crippen molar-refractivity contribution in [3.8, 4) is 0 Å². The molecule has 78 valence electrons. The number of sulfonamides is 1. The third-order valence-electron chi connectivity index (χ3n) is 1.67. The fourth-order valence-corrected chi connectivity index (χ4v) is 2.22. The summed E-state index contributed by atoms with van der Waals surface area (Å²) in [5.74, 6) is 0. The first-order valence-corrected chi connectivity index (χ1v) is 4.79. The number of hydrogen-bond acceptors (Lipinski definition) is 3. The second kappa shape index (κ2) is 2.58. The first kappa shape index (κ1) is 10.7. The smallest absolute Gasteiger partial charge is 0.387 e. The number of aliphatic hydroxyl groups is 1. The van der Waals surface area contributed by atoms with E-state index in [1.807, 2.05) is 0 Å². The lowest BCUT2D eigenvalue weighted by Crippen LogP contribution is -2.63. The average molecular weight is 219 g/mol. The van der Waals surface area contributed by atoms with Crippen LogP contribution in [-0.2, 0) is 10.0 Å². The Bertz CT molecular complexity index is 299. The molecule has 0 aromatic carbocycles. The van der Waals surface area contributed by atoms with Crippen molar-refractivity contribution in [2.75, 3.05) is 13.1 Å². The lowest BCUT2D eigenvalue weighted by Gasteiger charge is -2.42. The maximum atomic E-state index is 11.8. The van der Waals surface area contributed by atoms with Gasteiger partial charge < -0.3 is 5.11 Å². The molecule has 1 saturated heterocycles. The minimum atomic E-state index is -5.27. The zero-order chi connectivity index (χ0) is 10.5. The van der Waals surface area contributed by atoms with Crippen LogP contribution in [0.1, 0.15) is 6.92 Å². The topological polar surface area (TPSA) is 57.6 Å². The Morgan fingerprint density at radius 1 is 1.38 bits per heavy atom. The molecule has 1 heterocycles. The van der Waals surface area contributed by atoms with E-state index in [0.717, 1.165) is 0 Å². The zero-order valence-corrected chi connectivity index (χ0v) is 7.48. The van der Waals surface area contributed by atoms with E-state index in [1.165, 1.54) is 6.92 Å². The highest BCUT2D eigenvalue weighted by atomic mass is 32.2. The van der Waals surface area contributed by atoms with Crippen LogP contribution in [0.15, 0.2) is 0 Å². The van der Waals surface area contributed by atoms with E-state index < -0.39 is 34.2 Å². The van der Waals surface area contributed by atoms with Gasteiger partial charge in [0.25, 0.3) is 0 Å². The number of nitrogens with zero attached hydrogens (tertiary/aromatic N) is 1. The Morgan fingerprint density at radius 2 is 1.77 bits per heavy atom. The summed E-state index contributed by atoms with van der Waals surface area (Å²) in [7, 11) is -5.24. The monoisotopic (exact) mass is 219 g/mol. The van der Waals surface area contributed by atoms with E-state index >= 15 is 0 Å². The molecule has 0 spiro atoms. The third kappa shape index (κ3) is 1.79. The van der Waals surface area contributed by atoms with E-state index in [2.05, 4.69) is 0 Å². The Labute approximate surface area is 73.0 Å². The van der Waals surface area contributed by atoms with Crippen LogP contribution in [0.4, 0.5) is 13.2 Å². The molecule has 8 heteroatoms. The summed E-state index contributed by atoms with van der Waals surface area (Å²) >= 11 is 0. The highest BCUT2D eigenvalue weighted by Gasteiger charge is 2.56. The van der Waals surface area contributed by atoms with Crippen molar-refractivity contribution in [2.45, 2.75) is 18.0 Å². The van der Waals surface area contributed by atoms with Gasteiger partial charge in [0.05, 0.1) is 5.60 Å². The van der Waals surface area contributed by atoms with Crippen LogP contribution in [-0.4, -0.2) is 42.0 Å². The standard InChI is InChI=1S/C5H8F3NO3S/c1-4(10)2-9(3-4)13(11,12)5(6,7)8/h10H,2-3H2,1H3. The van der Waals surface area contributed by atoms with Gasteiger partial charge in [0.1, 0.15) is 0 Å². The second-order valence-corrected chi connectivity index (χ2v) is 5.15. The predicted molar refractivity (Wildman–Crippen MR) is 37.2 cm³/mol. The number of β-amino-alcohol motifs (C(OH)–C–C–N with tert-alkyl or cyclic N) is 1. The Balaban J connectivity index is 2.77. The maximum Gasteiger partial charge on any atom is 0.511 e. The molecule has 0 amide bonds. The molecule has 1 N–H and O–H groups in total. The molecule has 0 aliphatic carbocycles. The summed E-state index contributed by atoms with van der Waals surface area (Å²) < 4.78 is 57.0. The fraction of sp³-hybridized carbons (Fsp3) is 1.00. The van der Waals surface area contributed by atoms with Crippen LogP contribution in [0.2, 0.25) is 0 Å². The number of halogens is 3. The van der Waals surface area contributed by atoms with Gasteiger partial charge in [-0.2, -0.15) is 17.5 Å². The molecule has 1 aliphatic heterocycles. The Kier molecular flexibility index (Phi) is 2.13. The Hall–Kier alpha value is -0.340. The highest BCUT2D eigenvalue weighted by Crippen LogP contribution is 2.33. The van der Waals surface area contributed by atoms with Crippen molar-refractivity contribution >= 4 is 10.0 Å². The van der Waals surface area contributed by atoms with Crippen LogP contribution < -0.4 is 0 Å². The van der Waals surface area contributed by atoms with E-state index in [0.29, 0.717) is 0 Å². The van der Waals surface area contributed by atoms with E-state index in [-0.39, 0.29) is 4.31 Å². The van der Waals surface area contributed by atoms with Crippen molar-refractivity contribution in [3.63, 3.8) is 0 Å². The van der Waals surface area contributed by atoms with Gasteiger partial charge in [-0.05, 0) is 6.92 Å². The van der Waals surface area contributed by atoms with Gasteiger partial charge in [-0.1, -0.05) is 0 Å². The maximum absolute atomic E-state index is 11.8. The molecule has 0 aromatic rings. The predicted octanol–water partition coefficient (Wildman–Crippen LogP) is -0.0974. The summed E-state index contributed by atoms with van der Waals surface area (Å²) in [5.41, 5.74) is -6.61. The summed E-state index contributed by atoms with van der Waals surface area (Å²) in [6, 6.07) is 0. The van der Waals surface area contributed by atoms with Crippen molar-refractivity contribution in [1.82, 2.24) is 4.31 Å². The second-order valence-electron chi connectivity index (χ2n) is 3.22. The molecular weight excluding hydrogens is 211 g/mol. The molecule has 1 rings (SSSR count). The number of hydrogen-bond donors (Lipinski definition) is 1. The van der Waals surface area contributed by atoms with Crippen molar-refractivity contribution in [3.05, 3.63) is 0 Å². The summed E-state index contributed by atoms with van der Waals surface area (Å²) in [4.78, 5) is 0. The summed E-state index contributed by atoms with van der Waals surface area (Å²) in [6.07, 6.45) is 0. The van der Waals surface area contributed by atoms with Gasteiger partial charge in [-0.25, -0.2) is 8.42 Å². The average Bonchev–Trinajstić information content (AvgIpc) is 1.79. The highest BCUT2D eigenvalue weighted by molar-refractivity contribution is 7.90. The van der Waals surface area contributed by atoms with Crippen LogP contribution >= 0.6 is 0 Å². The molecule has 0 aromatic heterocycles. The molecule has 0 saturated carbocycles. The van der Waals surface area contributed by atoms with Crippen LogP contribution in [0.3, 0.4) is 0 Å². The van der Waals surface area contributed by atoms with Gasteiger partial charge >= 0.3 is 15.5 Å². The molecule has 1 fully saturated rings. The lowest BCUT2D eigenvalue weighted by molar-refractivity contribution is -0.0749. The van der Waals surface area contributed by atoms with Crippen molar-refractivity contribution in [2.24, 2.45) is 0 Å². The first-order valence-electron chi connectivity index (χ1n) is 3.35. The molecule has 0 unspecified atom stereocenters. The molecule has 1 aliphatic rings. The molecule has 4 nitrogen and oxygen atoms in total. The molecule has 0 bridgehead atoms. The van der Waals surface area contributed by atoms with Crippen molar-refractivity contribution in [1.29, 1.82) is 0 Å². The zero-order valence-electron chi connectivity index (χ0n) is 6.67. The van der Waals surface area contributed by atoms with Crippen LogP contribution in [0.25, 0.3) is 0 Å². The van der Waals surface area contributed by atoms with Gasteiger partial charge in [-0.3, -0.25) is 0 Å². The molecule has 13 heavy (non-hydrogen) atoms. The third-order valence-corrected chi connectivity index (χ3v) is 3.19. The van der Waals surface area contributed by atoms with Gasteiger partial charge in [0.15, 0.2) is 0 Å². The first-order chi connectivity index (χ1) is 5.56. The van der Waals surface area contributed by atoms with Crippen LogP contribution in [0, 0.1) is 0 Å². The van der Waals surface area contributed by atoms with Gasteiger partial charge in [0.2, 0.25) is 0 Å². The van der Waals surface area contributed by atoms with Gasteiger partial charge in [-0.15, -0.1) is 0 Å².